The molecule has 1 spiro atoms. The van der Waals surface area contributed by atoms with Crippen molar-refractivity contribution >= 4 is 14.1 Å². The van der Waals surface area contributed by atoms with E-state index in [0.29, 0.717) is 30.3 Å². The number of carbonyl (C=O) groups excluding carboxylic acids is 1. The zero-order valence-corrected chi connectivity index (χ0v) is 23.8. The van der Waals surface area contributed by atoms with E-state index in [1.165, 1.54) is 19.3 Å². The molecule has 5 nitrogen and oxygen atoms in total. The van der Waals surface area contributed by atoms with Crippen molar-refractivity contribution < 1.29 is 23.4 Å². The largest absolute Gasteiger partial charge is 0.413 e. The number of carbonyl (C=O) groups is 1. The highest BCUT2D eigenvalue weighted by molar-refractivity contribution is 6.74. The lowest BCUT2D eigenvalue weighted by Gasteiger charge is -2.61. The van der Waals surface area contributed by atoms with Crippen molar-refractivity contribution in [2.75, 3.05) is 0 Å². The van der Waals surface area contributed by atoms with Crippen LogP contribution in [-0.4, -0.2) is 49.9 Å². The second-order valence-electron chi connectivity index (χ2n) is 15.0. The molecular weight excluding hydrogens is 444 g/mol. The number of ketones is 1. The van der Waals surface area contributed by atoms with E-state index < -0.39 is 19.7 Å². The van der Waals surface area contributed by atoms with Crippen LogP contribution in [0, 0.1) is 28.6 Å². The fraction of sp³-hybridized carbons (Fsp3) is 0.964. The van der Waals surface area contributed by atoms with Crippen LogP contribution >= 0.6 is 0 Å². The molecule has 0 aromatic rings. The Morgan fingerprint density at radius 1 is 0.941 bits per heavy atom. The van der Waals surface area contributed by atoms with Crippen LogP contribution in [0.4, 0.5) is 0 Å². The number of ether oxygens (including phenoxy) is 3. The zero-order valence-electron chi connectivity index (χ0n) is 22.8. The first-order valence-electron chi connectivity index (χ1n) is 13.8. The van der Waals surface area contributed by atoms with Crippen LogP contribution in [-0.2, 0) is 23.4 Å². The van der Waals surface area contributed by atoms with Gasteiger partial charge in [-0.2, -0.15) is 0 Å². The summed E-state index contributed by atoms with van der Waals surface area (Å²) >= 11 is 0. The van der Waals surface area contributed by atoms with E-state index in [0.717, 1.165) is 12.8 Å². The quantitative estimate of drug-likeness (QED) is 0.358. The Morgan fingerprint density at radius 3 is 2.32 bits per heavy atom. The average molecular weight is 491 g/mol. The van der Waals surface area contributed by atoms with Crippen LogP contribution in [0.3, 0.4) is 0 Å². The lowest BCUT2D eigenvalue weighted by atomic mass is 9.43. The van der Waals surface area contributed by atoms with Crippen LogP contribution in [0.25, 0.3) is 0 Å². The first-order chi connectivity index (χ1) is 15.6. The van der Waals surface area contributed by atoms with Gasteiger partial charge >= 0.3 is 0 Å². The summed E-state index contributed by atoms with van der Waals surface area (Å²) in [5, 5.41) is 0.216. The van der Waals surface area contributed by atoms with Crippen LogP contribution < -0.4 is 0 Å². The van der Waals surface area contributed by atoms with Crippen molar-refractivity contribution in [1.82, 2.24) is 0 Å². The summed E-state index contributed by atoms with van der Waals surface area (Å²) in [7, 11) is -1.86. The monoisotopic (exact) mass is 490 g/mol. The molecule has 0 aromatic heterocycles. The van der Waals surface area contributed by atoms with Crippen molar-refractivity contribution in [1.29, 1.82) is 0 Å². The highest BCUT2D eigenvalue weighted by atomic mass is 28.4. The van der Waals surface area contributed by atoms with Gasteiger partial charge in [-0.25, -0.2) is 0 Å². The van der Waals surface area contributed by atoms with Crippen LogP contribution in [0.5, 0.6) is 0 Å². The highest BCUT2D eigenvalue weighted by Crippen LogP contribution is 2.74. The normalized spacial score (nSPS) is 53.4. The number of epoxide rings is 1. The molecule has 2 heterocycles. The lowest BCUT2D eigenvalue weighted by Crippen LogP contribution is -2.68. The van der Waals surface area contributed by atoms with Gasteiger partial charge < -0.3 is 18.6 Å². The molecule has 192 valence electrons. The molecule has 0 amide bonds. The lowest BCUT2D eigenvalue weighted by molar-refractivity contribution is -0.184. The van der Waals surface area contributed by atoms with Gasteiger partial charge in [-0.15, -0.1) is 0 Å². The third-order valence-electron chi connectivity index (χ3n) is 12.0. The van der Waals surface area contributed by atoms with E-state index in [1.807, 2.05) is 13.8 Å². The smallest absolute Gasteiger partial charge is 0.192 e. The number of fused-ring (bicyclic) bond motifs is 6. The van der Waals surface area contributed by atoms with Gasteiger partial charge in [0.05, 0.1) is 12.2 Å². The molecule has 2 aliphatic heterocycles. The number of rotatable bonds is 2. The van der Waals surface area contributed by atoms with Crippen molar-refractivity contribution in [3.05, 3.63) is 0 Å². The maximum absolute atomic E-state index is 12.8. The summed E-state index contributed by atoms with van der Waals surface area (Å²) in [5.41, 5.74) is -0.335. The Labute approximate surface area is 207 Å². The summed E-state index contributed by atoms with van der Waals surface area (Å²) in [4.78, 5) is 12.8. The molecule has 6 heteroatoms. The minimum absolute atomic E-state index is 0.000205. The number of hydrogen-bond donors (Lipinski definition) is 0. The first kappa shape index (κ1) is 24.1. The molecule has 6 aliphatic rings. The van der Waals surface area contributed by atoms with Gasteiger partial charge in [-0.05, 0) is 87.3 Å². The van der Waals surface area contributed by atoms with Crippen molar-refractivity contribution in [2.24, 2.45) is 28.6 Å². The Kier molecular flexibility index (Phi) is 4.80. The van der Waals surface area contributed by atoms with Crippen molar-refractivity contribution in [3.8, 4) is 0 Å². The van der Waals surface area contributed by atoms with Crippen molar-refractivity contribution in [3.63, 3.8) is 0 Å². The fourth-order valence-corrected chi connectivity index (χ4v) is 10.6. The average Bonchev–Trinajstić information content (AvgIpc) is 3.30. The van der Waals surface area contributed by atoms with Gasteiger partial charge in [-0.1, -0.05) is 34.6 Å². The first-order valence-corrected chi connectivity index (χ1v) is 16.7. The Bertz CT molecular complexity index is 909. The van der Waals surface area contributed by atoms with Gasteiger partial charge in [0.15, 0.2) is 19.9 Å². The predicted octanol–water partition coefficient (Wildman–Crippen LogP) is 5.86. The van der Waals surface area contributed by atoms with Crippen molar-refractivity contribution in [2.45, 2.75) is 141 Å². The number of Topliss-reactive ketones (excluding diaryl/α,β-unsaturated/α-hetero) is 1. The zero-order chi connectivity index (χ0) is 24.7. The topological polar surface area (TPSA) is 57.3 Å². The fourth-order valence-electron chi connectivity index (χ4n) is 9.10. The number of hydrogen-bond acceptors (Lipinski definition) is 5. The Hall–Kier alpha value is -0.273. The molecule has 2 saturated heterocycles. The van der Waals surface area contributed by atoms with E-state index in [9.17, 15) is 4.79 Å². The molecule has 6 unspecified atom stereocenters. The molecule has 0 N–H and O–H groups in total. The second-order valence-corrected chi connectivity index (χ2v) is 19.7. The van der Waals surface area contributed by atoms with Gasteiger partial charge in [0.1, 0.15) is 17.8 Å². The van der Waals surface area contributed by atoms with Crippen LogP contribution in [0.1, 0.15) is 87.0 Å². The Balaban J connectivity index is 1.37. The summed E-state index contributed by atoms with van der Waals surface area (Å²) in [5.74, 6) is 1.14. The summed E-state index contributed by atoms with van der Waals surface area (Å²) in [6.45, 7) is 20.9. The summed E-state index contributed by atoms with van der Waals surface area (Å²) < 4.78 is 26.9. The maximum Gasteiger partial charge on any atom is 0.192 e. The molecule has 0 radical (unpaired) electrons. The van der Waals surface area contributed by atoms with Gasteiger partial charge in [0, 0.05) is 11.8 Å². The third-order valence-corrected chi connectivity index (χ3v) is 16.4. The second kappa shape index (κ2) is 6.78. The van der Waals surface area contributed by atoms with Gasteiger partial charge in [0.25, 0.3) is 0 Å². The van der Waals surface area contributed by atoms with Gasteiger partial charge in [0.2, 0.25) is 0 Å². The minimum atomic E-state index is -1.86. The Morgan fingerprint density at radius 2 is 1.65 bits per heavy atom. The van der Waals surface area contributed by atoms with E-state index >= 15 is 0 Å². The predicted molar refractivity (Wildman–Crippen MR) is 133 cm³/mol. The molecular formula is C28H46O5Si. The van der Waals surface area contributed by atoms with Crippen LogP contribution in [0.15, 0.2) is 0 Å². The van der Waals surface area contributed by atoms with E-state index in [-0.39, 0.29) is 40.0 Å². The van der Waals surface area contributed by atoms with E-state index in [1.54, 1.807) is 0 Å². The van der Waals surface area contributed by atoms with E-state index in [4.69, 9.17) is 18.6 Å². The standard InChI is InChI=1S/C28H46O5Si/c1-24(2,3)34(8,9)33-19-11-10-16-20-17(12-14-26(16,19)6)27(7)15-13-18(29)22-28(27,32-22)23-21(20)30-25(4,5)31-23/h16-17,19-23H,10-15H2,1-9H3/t16?,17?,19-,20?,21+,22?,23?,26-,27+,28?/m0/s1. The SMILES string of the molecule is CC1(C)OC2[C@H](O1)C1C3CC[C@H](O[Si](C)(C)C(C)(C)C)[C@@]3(C)CCC1[C@@]1(C)CCC(=O)C3OC321. The molecule has 4 aliphatic carbocycles. The summed E-state index contributed by atoms with van der Waals surface area (Å²) in [6, 6.07) is 0. The molecule has 0 bridgehead atoms. The molecule has 10 atom stereocenters. The molecule has 34 heavy (non-hydrogen) atoms. The molecule has 6 fully saturated rings. The molecule has 6 rings (SSSR count). The summed E-state index contributed by atoms with van der Waals surface area (Å²) in [6.07, 6.45) is 6.18. The minimum Gasteiger partial charge on any atom is -0.413 e. The van der Waals surface area contributed by atoms with Gasteiger partial charge in [-0.3, -0.25) is 4.79 Å². The highest BCUT2D eigenvalue weighted by Gasteiger charge is 2.84. The van der Waals surface area contributed by atoms with E-state index in [2.05, 4.69) is 47.7 Å². The maximum atomic E-state index is 12.8. The van der Waals surface area contributed by atoms with Crippen LogP contribution in [0.2, 0.25) is 18.1 Å². The molecule has 0 aromatic carbocycles. The molecule has 4 saturated carbocycles. The third kappa shape index (κ3) is 2.84.